The predicted octanol–water partition coefficient (Wildman–Crippen LogP) is 6.41. The van der Waals surface area contributed by atoms with Crippen LogP contribution in [0.2, 0.25) is 0 Å². The van der Waals surface area contributed by atoms with Crippen molar-refractivity contribution in [2.24, 2.45) is 11.3 Å². The van der Waals surface area contributed by atoms with E-state index in [1.165, 1.54) is 0 Å². The number of carboxylic acid groups (broad SMARTS) is 1. The third kappa shape index (κ3) is 4.22. The number of rotatable bonds is 8. The van der Waals surface area contributed by atoms with Gasteiger partial charge < -0.3 is 14.4 Å². The zero-order valence-corrected chi connectivity index (χ0v) is 23.3. The van der Waals surface area contributed by atoms with Crippen molar-refractivity contribution in [2.45, 2.75) is 46.4 Å². The Morgan fingerprint density at radius 2 is 1.76 bits per heavy atom. The summed E-state index contributed by atoms with van der Waals surface area (Å²) in [4.78, 5) is 21.9. The number of ether oxygens (including phenoxy) is 1. The van der Waals surface area contributed by atoms with Gasteiger partial charge in [0, 0.05) is 29.3 Å². The number of benzene rings is 3. The highest BCUT2D eigenvalue weighted by atomic mass is 16.5. The number of aliphatic carboxylic acids is 1. The lowest BCUT2D eigenvalue weighted by molar-refractivity contribution is -0.139. The number of para-hydroxylation sites is 2. The first-order valence-corrected chi connectivity index (χ1v) is 14.0. The second-order valence-corrected chi connectivity index (χ2v) is 11.4. The van der Waals surface area contributed by atoms with E-state index in [0.29, 0.717) is 18.9 Å². The van der Waals surface area contributed by atoms with Crippen molar-refractivity contribution in [2.75, 3.05) is 0 Å². The number of carbonyl (C=O) groups is 1. The number of aryl methyl sites for hydroxylation is 1. The minimum absolute atomic E-state index is 0.196. The highest BCUT2D eigenvalue weighted by Crippen LogP contribution is 2.64. The van der Waals surface area contributed by atoms with Gasteiger partial charge in [0.2, 0.25) is 0 Å². The number of hydrogen-bond acceptors (Lipinski definition) is 5. The molecule has 1 aliphatic carbocycles. The van der Waals surface area contributed by atoms with E-state index in [9.17, 15) is 9.90 Å². The van der Waals surface area contributed by atoms with Gasteiger partial charge in [-0.3, -0.25) is 9.48 Å². The molecule has 41 heavy (non-hydrogen) atoms. The fourth-order valence-electron chi connectivity index (χ4n) is 6.25. The van der Waals surface area contributed by atoms with Crippen LogP contribution in [0.25, 0.3) is 32.8 Å². The summed E-state index contributed by atoms with van der Waals surface area (Å²) in [5, 5.41) is 17.1. The molecule has 1 fully saturated rings. The zero-order chi connectivity index (χ0) is 28.3. The smallest absolute Gasteiger partial charge is 0.307 e. The van der Waals surface area contributed by atoms with Crippen LogP contribution >= 0.6 is 0 Å². The second kappa shape index (κ2) is 9.44. The van der Waals surface area contributed by atoms with Crippen LogP contribution in [0.15, 0.2) is 78.9 Å². The number of nitrogens with zero attached hydrogens (tertiary/aromatic N) is 5. The van der Waals surface area contributed by atoms with Crippen LogP contribution in [0.5, 0.6) is 5.75 Å². The van der Waals surface area contributed by atoms with E-state index in [-0.39, 0.29) is 5.92 Å². The highest BCUT2D eigenvalue weighted by molar-refractivity contribution is 5.84. The molecule has 6 aromatic rings. The molecule has 0 aliphatic heterocycles. The van der Waals surface area contributed by atoms with Crippen LogP contribution in [-0.4, -0.2) is 35.4 Å². The van der Waals surface area contributed by atoms with Gasteiger partial charge in [-0.05, 0) is 42.7 Å². The van der Waals surface area contributed by atoms with Crippen molar-refractivity contribution in [1.29, 1.82) is 0 Å². The van der Waals surface area contributed by atoms with Gasteiger partial charge in [-0.2, -0.15) is 5.10 Å². The van der Waals surface area contributed by atoms with Gasteiger partial charge in [0.05, 0.1) is 45.9 Å². The number of carboxylic acids is 1. The van der Waals surface area contributed by atoms with Crippen LogP contribution in [-0.2, 0) is 24.5 Å². The SMILES string of the molecule is CCn1nc(Cn2c([C@@H]3[C@H](C(=O)O)C3(C)C)nc3cc(OCc4ccc5ccccc5n4)ccc32)c2ccccc21. The molecule has 0 radical (unpaired) electrons. The molecule has 0 bridgehead atoms. The third-order valence-electron chi connectivity index (χ3n) is 8.51. The van der Waals surface area contributed by atoms with Crippen molar-refractivity contribution in [3.8, 4) is 5.75 Å². The Morgan fingerprint density at radius 1 is 0.951 bits per heavy atom. The van der Waals surface area contributed by atoms with E-state index in [1.54, 1.807) is 0 Å². The third-order valence-corrected chi connectivity index (χ3v) is 8.51. The van der Waals surface area contributed by atoms with Crippen molar-refractivity contribution < 1.29 is 14.6 Å². The Bertz CT molecular complexity index is 1950. The topological polar surface area (TPSA) is 95.1 Å². The van der Waals surface area contributed by atoms with E-state index < -0.39 is 17.3 Å². The molecule has 1 saturated carbocycles. The van der Waals surface area contributed by atoms with Gasteiger partial charge in [-0.15, -0.1) is 0 Å². The molecule has 8 nitrogen and oxygen atoms in total. The number of imidazole rings is 1. The molecule has 1 aliphatic rings. The normalized spacial score (nSPS) is 17.8. The molecule has 3 heterocycles. The van der Waals surface area contributed by atoms with E-state index in [4.69, 9.17) is 19.8 Å². The van der Waals surface area contributed by atoms with Crippen LogP contribution in [0.3, 0.4) is 0 Å². The molecule has 1 N–H and O–H groups in total. The molecule has 8 heteroatoms. The van der Waals surface area contributed by atoms with E-state index in [2.05, 4.69) is 29.7 Å². The maximum atomic E-state index is 12.1. The lowest BCUT2D eigenvalue weighted by atomic mass is 10.1. The maximum absolute atomic E-state index is 12.1. The van der Waals surface area contributed by atoms with Crippen molar-refractivity contribution in [3.05, 3.63) is 96.1 Å². The fourth-order valence-corrected chi connectivity index (χ4v) is 6.25. The number of fused-ring (bicyclic) bond motifs is 3. The Kier molecular flexibility index (Phi) is 5.81. The lowest BCUT2D eigenvalue weighted by Gasteiger charge is -2.10. The molecule has 0 saturated heterocycles. The summed E-state index contributed by atoms with van der Waals surface area (Å²) in [7, 11) is 0. The summed E-state index contributed by atoms with van der Waals surface area (Å²) in [6, 6.07) is 26.2. The van der Waals surface area contributed by atoms with Gasteiger partial charge in [0.15, 0.2) is 0 Å². The Hall–Kier alpha value is -4.72. The zero-order valence-electron chi connectivity index (χ0n) is 23.3. The summed E-state index contributed by atoms with van der Waals surface area (Å²) < 4.78 is 10.3. The number of pyridine rings is 1. The van der Waals surface area contributed by atoms with Gasteiger partial charge >= 0.3 is 5.97 Å². The first-order valence-electron chi connectivity index (χ1n) is 14.0. The van der Waals surface area contributed by atoms with E-state index in [0.717, 1.165) is 56.6 Å². The van der Waals surface area contributed by atoms with Gasteiger partial charge in [-0.25, -0.2) is 9.97 Å². The van der Waals surface area contributed by atoms with Crippen LogP contribution in [0, 0.1) is 11.3 Å². The molecule has 2 atom stereocenters. The van der Waals surface area contributed by atoms with Crippen LogP contribution in [0.4, 0.5) is 0 Å². The molecule has 0 unspecified atom stereocenters. The molecule has 206 valence electrons. The predicted molar refractivity (Wildman–Crippen MR) is 158 cm³/mol. The maximum Gasteiger partial charge on any atom is 0.307 e. The first-order chi connectivity index (χ1) is 19.8. The highest BCUT2D eigenvalue weighted by Gasteiger charge is 2.64. The molecule has 7 rings (SSSR count). The van der Waals surface area contributed by atoms with Crippen molar-refractivity contribution >= 4 is 38.8 Å². The van der Waals surface area contributed by atoms with Crippen molar-refractivity contribution in [1.82, 2.24) is 24.3 Å². The molecule has 0 spiro atoms. The van der Waals surface area contributed by atoms with Crippen molar-refractivity contribution in [3.63, 3.8) is 0 Å². The summed E-state index contributed by atoms with van der Waals surface area (Å²) in [5.41, 5.74) is 5.12. The first kappa shape index (κ1) is 25.3. The molecule has 0 amide bonds. The summed E-state index contributed by atoms with van der Waals surface area (Å²) in [5.74, 6) is -0.00268. The molecular formula is C33H31N5O3. The van der Waals surface area contributed by atoms with E-state index in [1.807, 2.05) is 79.2 Å². The Labute approximate surface area is 237 Å². The number of hydrogen-bond donors (Lipinski definition) is 1. The Balaban J connectivity index is 1.26. The minimum atomic E-state index is -0.786. The Morgan fingerprint density at radius 3 is 2.56 bits per heavy atom. The molecular weight excluding hydrogens is 514 g/mol. The number of aromatic nitrogens is 5. The second-order valence-electron chi connectivity index (χ2n) is 11.4. The van der Waals surface area contributed by atoms with Crippen LogP contribution in [0.1, 0.15) is 43.9 Å². The summed E-state index contributed by atoms with van der Waals surface area (Å²) in [6.07, 6.45) is 0. The quantitative estimate of drug-likeness (QED) is 0.238. The fraction of sp³-hybridized carbons (Fsp3) is 0.273. The van der Waals surface area contributed by atoms with Crippen LogP contribution < -0.4 is 4.74 Å². The molecule has 3 aromatic carbocycles. The van der Waals surface area contributed by atoms with E-state index >= 15 is 0 Å². The lowest BCUT2D eigenvalue weighted by Crippen LogP contribution is -2.08. The average molecular weight is 546 g/mol. The summed E-state index contributed by atoms with van der Waals surface area (Å²) in [6.45, 7) is 7.70. The largest absolute Gasteiger partial charge is 0.487 e. The standard InChI is InChI=1S/C33H31N5O3/c1-4-38-27-12-8-6-10-23(27)26(36-38)18-37-28-16-15-22(41-19-21-14-13-20-9-5-7-11-24(20)34-21)17-25(28)35-31(37)29-30(32(39)40)33(29,2)3/h5-17,29-30H,4,18-19H2,1-3H3,(H,39,40)/t29-,30+/m0/s1. The van der Waals surface area contributed by atoms with Gasteiger partial charge in [-0.1, -0.05) is 56.3 Å². The summed E-state index contributed by atoms with van der Waals surface area (Å²) >= 11 is 0. The van der Waals surface area contributed by atoms with Gasteiger partial charge in [0.25, 0.3) is 0 Å². The molecule has 3 aromatic heterocycles. The van der Waals surface area contributed by atoms with Gasteiger partial charge in [0.1, 0.15) is 18.2 Å². The average Bonchev–Trinajstić information content (AvgIpc) is 3.23. The monoisotopic (exact) mass is 545 g/mol. The minimum Gasteiger partial charge on any atom is -0.487 e.